The number of nitrogens with one attached hydrogen (secondary N) is 1. The highest BCUT2D eigenvalue weighted by molar-refractivity contribution is 6.10. The average Bonchev–Trinajstić information content (AvgIpc) is 3.50. The Bertz CT molecular complexity index is 1170. The van der Waals surface area contributed by atoms with E-state index in [1.807, 2.05) is 12.1 Å². The molecule has 4 aromatic rings. The molecule has 1 aliphatic carbocycles. The van der Waals surface area contributed by atoms with Gasteiger partial charge in [0.2, 0.25) is 0 Å². The monoisotopic (exact) mass is 368 g/mol. The molecule has 0 atom stereocenters. The van der Waals surface area contributed by atoms with Crippen molar-refractivity contribution in [2.45, 2.75) is 32.9 Å². The molecule has 3 aromatic carbocycles. The number of nitrogens with zero attached hydrogens (tertiary/aromatic N) is 1. The summed E-state index contributed by atoms with van der Waals surface area (Å²) in [7, 11) is 0. The third-order valence-corrected chi connectivity index (χ3v) is 5.75. The first-order valence-electron chi connectivity index (χ1n) is 10.0. The molecule has 1 N–H and O–H groups in total. The van der Waals surface area contributed by atoms with E-state index < -0.39 is 0 Å². The maximum atomic E-state index is 12.7. The van der Waals surface area contributed by atoms with Gasteiger partial charge in [-0.05, 0) is 55.5 Å². The lowest BCUT2D eigenvalue weighted by atomic mass is 10.1. The fraction of sp³-hybridized carbons (Fsp3) is 0.240. The second-order valence-electron chi connectivity index (χ2n) is 7.97. The van der Waals surface area contributed by atoms with Crippen LogP contribution in [0.15, 0.2) is 66.7 Å². The Hall–Kier alpha value is -3.07. The molecule has 140 valence electrons. The summed E-state index contributed by atoms with van der Waals surface area (Å²) in [5, 5.41) is 5.44. The molecule has 1 heterocycles. The van der Waals surface area contributed by atoms with Gasteiger partial charge in [-0.3, -0.25) is 4.79 Å². The van der Waals surface area contributed by atoms with Crippen molar-refractivity contribution in [2.75, 3.05) is 0 Å². The lowest BCUT2D eigenvalue weighted by molar-refractivity contribution is 0.0951. The van der Waals surface area contributed by atoms with Crippen molar-refractivity contribution in [3.8, 4) is 0 Å². The molecule has 1 aliphatic rings. The maximum absolute atomic E-state index is 12.7. The summed E-state index contributed by atoms with van der Waals surface area (Å²) in [6.45, 7) is 3.68. The zero-order chi connectivity index (χ0) is 19.1. The number of aryl methyl sites for hydroxylation is 1. The number of benzene rings is 3. The summed E-state index contributed by atoms with van der Waals surface area (Å²) < 4.78 is 2.43. The van der Waals surface area contributed by atoms with Crippen molar-refractivity contribution in [1.82, 2.24) is 9.88 Å². The SMILES string of the molecule is Cc1ccc(CNC(=O)c2ccc3c(c2)c2ccccc2n3CC2CC2)cc1. The zero-order valence-corrected chi connectivity index (χ0v) is 16.1. The molecule has 0 radical (unpaired) electrons. The predicted octanol–water partition coefficient (Wildman–Crippen LogP) is 5.44. The maximum Gasteiger partial charge on any atom is 0.251 e. The van der Waals surface area contributed by atoms with Gasteiger partial charge < -0.3 is 9.88 Å². The van der Waals surface area contributed by atoms with Gasteiger partial charge >= 0.3 is 0 Å². The van der Waals surface area contributed by atoms with E-state index in [0.29, 0.717) is 12.1 Å². The highest BCUT2D eigenvalue weighted by Gasteiger charge is 2.24. The minimum Gasteiger partial charge on any atom is -0.348 e. The molecule has 1 fully saturated rings. The van der Waals surface area contributed by atoms with Crippen molar-refractivity contribution in [3.63, 3.8) is 0 Å². The lowest BCUT2D eigenvalue weighted by Crippen LogP contribution is -2.22. The van der Waals surface area contributed by atoms with E-state index in [2.05, 4.69) is 71.4 Å². The normalized spacial score (nSPS) is 13.9. The molecular weight excluding hydrogens is 344 g/mol. The van der Waals surface area contributed by atoms with Crippen molar-refractivity contribution >= 4 is 27.7 Å². The molecule has 5 rings (SSSR count). The zero-order valence-electron chi connectivity index (χ0n) is 16.1. The Labute approximate surface area is 165 Å². The highest BCUT2D eigenvalue weighted by Crippen LogP contribution is 2.36. The molecule has 0 bridgehead atoms. The number of rotatable bonds is 5. The van der Waals surface area contributed by atoms with E-state index in [9.17, 15) is 4.79 Å². The molecule has 1 amide bonds. The molecule has 1 aromatic heterocycles. The number of carbonyl (C=O) groups is 1. The van der Waals surface area contributed by atoms with Gasteiger partial charge in [0.05, 0.1) is 0 Å². The topological polar surface area (TPSA) is 34.0 Å². The van der Waals surface area contributed by atoms with E-state index >= 15 is 0 Å². The largest absolute Gasteiger partial charge is 0.348 e. The van der Waals surface area contributed by atoms with Gasteiger partial charge in [0.25, 0.3) is 5.91 Å². The van der Waals surface area contributed by atoms with Crippen molar-refractivity contribution in [2.24, 2.45) is 5.92 Å². The molecular formula is C25H24N2O. The van der Waals surface area contributed by atoms with Gasteiger partial charge in [0, 0.05) is 40.5 Å². The van der Waals surface area contributed by atoms with Gasteiger partial charge in [0.1, 0.15) is 0 Å². The van der Waals surface area contributed by atoms with Gasteiger partial charge in [0.15, 0.2) is 0 Å². The number of fused-ring (bicyclic) bond motifs is 3. The van der Waals surface area contributed by atoms with E-state index in [-0.39, 0.29) is 5.91 Å². The summed E-state index contributed by atoms with van der Waals surface area (Å²) >= 11 is 0. The van der Waals surface area contributed by atoms with Gasteiger partial charge in [-0.25, -0.2) is 0 Å². The molecule has 0 aliphatic heterocycles. The van der Waals surface area contributed by atoms with Crippen molar-refractivity contribution < 1.29 is 4.79 Å². The standard InChI is InChI=1S/C25H24N2O/c1-17-6-8-18(9-7-17)15-26-25(28)20-12-13-24-22(14-20)21-4-2-3-5-23(21)27(24)16-19-10-11-19/h2-9,12-14,19H,10-11,15-16H2,1H3,(H,26,28). The molecule has 1 saturated carbocycles. The van der Waals surface area contributed by atoms with Crippen LogP contribution >= 0.6 is 0 Å². The van der Waals surface area contributed by atoms with Crippen LogP contribution in [0.5, 0.6) is 0 Å². The van der Waals surface area contributed by atoms with Crippen LogP contribution in [0.4, 0.5) is 0 Å². The summed E-state index contributed by atoms with van der Waals surface area (Å²) in [5.41, 5.74) is 5.54. The first-order valence-corrected chi connectivity index (χ1v) is 10.0. The quantitative estimate of drug-likeness (QED) is 0.500. The van der Waals surface area contributed by atoms with Crippen LogP contribution in [-0.4, -0.2) is 10.5 Å². The Morgan fingerprint density at radius 3 is 2.50 bits per heavy atom. The molecule has 28 heavy (non-hydrogen) atoms. The summed E-state index contributed by atoms with van der Waals surface area (Å²) in [6.07, 6.45) is 2.65. The average molecular weight is 368 g/mol. The molecule has 0 spiro atoms. The highest BCUT2D eigenvalue weighted by atomic mass is 16.1. The Kier molecular flexibility index (Phi) is 4.16. The first kappa shape index (κ1) is 17.1. The minimum absolute atomic E-state index is 0.0264. The fourth-order valence-electron chi connectivity index (χ4n) is 3.94. The fourth-order valence-corrected chi connectivity index (χ4v) is 3.94. The van der Waals surface area contributed by atoms with Crippen LogP contribution < -0.4 is 5.32 Å². The Balaban J connectivity index is 1.46. The molecule has 0 unspecified atom stereocenters. The number of amides is 1. The van der Waals surface area contributed by atoms with E-state index in [4.69, 9.17) is 0 Å². The lowest BCUT2D eigenvalue weighted by Gasteiger charge is -2.08. The second-order valence-corrected chi connectivity index (χ2v) is 7.97. The third kappa shape index (κ3) is 3.18. The first-order chi connectivity index (χ1) is 13.7. The van der Waals surface area contributed by atoms with E-state index in [0.717, 1.165) is 18.0 Å². The second kappa shape index (κ2) is 6.83. The Morgan fingerprint density at radius 2 is 1.71 bits per heavy atom. The number of para-hydroxylation sites is 1. The van der Waals surface area contributed by atoms with Crippen LogP contribution in [-0.2, 0) is 13.1 Å². The van der Waals surface area contributed by atoms with Crippen LogP contribution in [0.2, 0.25) is 0 Å². The predicted molar refractivity (Wildman–Crippen MR) is 115 cm³/mol. The molecule has 0 saturated heterocycles. The minimum atomic E-state index is -0.0264. The molecule has 3 heteroatoms. The molecule has 3 nitrogen and oxygen atoms in total. The van der Waals surface area contributed by atoms with Crippen LogP contribution in [0.1, 0.15) is 34.3 Å². The number of carbonyl (C=O) groups excluding carboxylic acids is 1. The summed E-state index contributed by atoms with van der Waals surface area (Å²) in [4.78, 5) is 12.7. The van der Waals surface area contributed by atoms with Gasteiger partial charge in [-0.1, -0.05) is 48.0 Å². The Morgan fingerprint density at radius 1 is 0.964 bits per heavy atom. The van der Waals surface area contributed by atoms with Crippen LogP contribution in [0, 0.1) is 12.8 Å². The van der Waals surface area contributed by atoms with Crippen LogP contribution in [0.3, 0.4) is 0 Å². The summed E-state index contributed by atoms with van der Waals surface area (Å²) in [5.74, 6) is 0.776. The number of hydrogen-bond donors (Lipinski definition) is 1. The van der Waals surface area contributed by atoms with Gasteiger partial charge in [-0.15, -0.1) is 0 Å². The van der Waals surface area contributed by atoms with E-state index in [1.165, 1.54) is 40.2 Å². The number of hydrogen-bond acceptors (Lipinski definition) is 1. The van der Waals surface area contributed by atoms with Crippen molar-refractivity contribution in [3.05, 3.63) is 83.4 Å². The van der Waals surface area contributed by atoms with Gasteiger partial charge in [-0.2, -0.15) is 0 Å². The van der Waals surface area contributed by atoms with E-state index in [1.54, 1.807) is 0 Å². The van der Waals surface area contributed by atoms with Crippen LogP contribution in [0.25, 0.3) is 21.8 Å². The third-order valence-electron chi connectivity index (χ3n) is 5.75. The smallest absolute Gasteiger partial charge is 0.251 e. The number of aromatic nitrogens is 1. The van der Waals surface area contributed by atoms with Crippen molar-refractivity contribution in [1.29, 1.82) is 0 Å². The summed E-state index contributed by atoms with van der Waals surface area (Å²) in [6, 6.07) is 22.9.